The maximum absolute atomic E-state index is 12.7. The highest BCUT2D eigenvalue weighted by molar-refractivity contribution is 7.10. The number of alkyl halides is 3. The second kappa shape index (κ2) is 7.36. The number of hydrogen-bond acceptors (Lipinski definition) is 4. The van der Waals surface area contributed by atoms with Crippen molar-refractivity contribution in [2.45, 2.75) is 19.5 Å². The molecule has 0 aliphatic carbocycles. The van der Waals surface area contributed by atoms with E-state index in [4.69, 9.17) is 0 Å². The molecule has 0 aliphatic heterocycles. The lowest BCUT2D eigenvalue weighted by atomic mass is 10.3. The van der Waals surface area contributed by atoms with Gasteiger partial charge < -0.3 is 5.32 Å². The van der Waals surface area contributed by atoms with Crippen LogP contribution in [0.2, 0.25) is 0 Å². The van der Waals surface area contributed by atoms with Crippen molar-refractivity contribution >= 4 is 23.3 Å². The van der Waals surface area contributed by atoms with E-state index >= 15 is 0 Å². The first-order valence-electron chi connectivity index (χ1n) is 6.76. The summed E-state index contributed by atoms with van der Waals surface area (Å²) in [5.41, 5.74) is -0.727. The third-order valence-corrected chi connectivity index (χ3v) is 3.62. The molecule has 0 unspecified atom stereocenters. The zero-order valence-electron chi connectivity index (χ0n) is 12.2. The average molecular weight is 341 g/mol. The van der Waals surface area contributed by atoms with E-state index in [0.29, 0.717) is 0 Å². The number of rotatable bonds is 5. The van der Waals surface area contributed by atoms with Gasteiger partial charge in [0, 0.05) is 29.6 Å². The summed E-state index contributed by atoms with van der Waals surface area (Å²) >= 11 is 1.50. The van der Waals surface area contributed by atoms with E-state index in [1.165, 1.54) is 24.3 Å². The smallest absolute Gasteiger partial charge is 0.352 e. The Morgan fingerprint density at radius 2 is 2.17 bits per heavy atom. The molecule has 2 rings (SSSR count). The molecule has 1 amide bonds. The summed E-state index contributed by atoms with van der Waals surface area (Å²) in [5.74, 6) is -0.262. The number of amides is 1. The maximum Gasteiger partial charge on any atom is 0.433 e. The number of thiophene rings is 1. The molecule has 2 heterocycles. The van der Waals surface area contributed by atoms with Gasteiger partial charge in [0.15, 0.2) is 0 Å². The van der Waals surface area contributed by atoms with Crippen LogP contribution in [0.15, 0.2) is 29.7 Å². The lowest BCUT2D eigenvalue weighted by Gasteiger charge is -2.09. The van der Waals surface area contributed by atoms with E-state index in [0.717, 1.165) is 10.9 Å². The van der Waals surface area contributed by atoms with Crippen LogP contribution in [0, 0.1) is 6.92 Å². The summed E-state index contributed by atoms with van der Waals surface area (Å²) in [4.78, 5) is 20.0. The fourth-order valence-corrected chi connectivity index (χ4v) is 2.41. The largest absolute Gasteiger partial charge is 0.433 e. The molecule has 0 fully saturated rings. The molecular formula is C15H14F3N3OS. The highest BCUT2D eigenvalue weighted by Crippen LogP contribution is 2.27. The molecular weight excluding hydrogens is 327 g/mol. The van der Waals surface area contributed by atoms with Gasteiger partial charge in [0.2, 0.25) is 5.91 Å². The average Bonchev–Trinajstić information content (AvgIpc) is 2.97. The van der Waals surface area contributed by atoms with Crippen LogP contribution in [0.25, 0.3) is 6.08 Å². The Labute approximate surface area is 135 Å². The van der Waals surface area contributed by atoms with Crippen LogP contribution >= 0.6 is 11.3 Å². The zero-order chi connectivity index (χ0) is 16.9. The number of aryl methyl sites for hydroxylation is 1. The number of hydrogen-bond donors (Lipinski definition) is 1. The molecule has 0 aliphatic rings. The van der Waals surface area contributed by atoms with Crippen molar-refractivity contribution in [1.82, 2.24) is 15.3 Å². The molecule has 0 saturated heterocycles. The quantitative estimate of drug-likeness (QED) is 0.850. The van der Waals surface area contributed by atoms with Crippen molar-refractivity contribution in [3.8, 4) is 0 Å². The number of nitrogens with zero attached hydrogens (tertiary/aromatic N) is 2. The van der Waals surface area contributed by atoms with Crippen LogP contribution < -0.4 is 5.32 Å². The van der Waals surface area contributed by atoms with Gasteiger partial charge in [-0.25, -0.2) is 9.97 Å². The monoisotopic (exact) mass is 341 g/mol. The Kier molecular flexibility index (Phi) is 5.49. The highest BCUT2D eigenvalue weighted by Gasteiger charge is 2.33. The first-order chi connectivity index (χ1) is 10.8. The Balaban J connectivity index is 1.89. The molecule has 1 N–H and O–H groups in total. The minimum atomic E-state index is -4.50. The first kappa shape index (κ1) is 17.1. The van der Waals surface area contributed by atoms with Gasteiger partial charge in [-0.3, -0.25) is 4.79 Å². The van der Waals surface area contributed by atoms with Crippen molar-refractivity contribution < 1.29 is 18.0 Å². The SMILES string of the molecule is Cc1cc(C(F)(F)F)nc(CCNC(=O)/C=C/c2cccs2)n1. The second-order valence-corrected chi connectivity index (χ2v) is 5.68. The first-order valence-corrected chi connectivity index (χ1v) is 7.64. The number of carbonyl (C=O) groups excluding carboxylic acids is 1. The minimum absolute atomic E-state index is 0.0554. The van der Waals surface area contributed by atoms with Crippen LogP contribution in [-0.4, -0.2) is 22.4 Å². The van der Waals surface area contributed by atoms with Gasteiger partial charge in [-0.2, -0.15) is 13.2 Å². The fourth-order valence-electron chi connectivity index (χ4n) is 1.79. The van der Waals surface area contributed by atoms with Crippen LogP contribution in [0.1, 0.15) is 22.1 Å². The predicted octanol–water partition coefficient (Wildman–Crippen LogP) is 3.24. The summed E-state index contributed by atoms with van der Waals surface area (Å²) in [7, 11) is 0. The van der Waals surface area contributed by atoms with Gasteiger partial charge >= 0.3 is 6.18 Å². The number of halogens is 3. The normalized spacial score (nSPS) is 11.8. The van der Waals surface area contributed by atoms with Crippen molar-refractivity contribution in [2.24, 2.45) is 0 Å². The minimum Gasteiger partial charge on any atom is -0.352 e. The highest BCUT2D eigenvalue weighted by atomic mass is 32.1. The van der Waals surface area contributed by atoms with Crippen molar-refractivity contribution in [1.29, 1.82) is 0 Å². The fraction of sp³-hybridized carbons (Fsp3) is 0.267. The molecule has 8 heteroatoms. The molecule has 0 atom stereocenters. The van der Waals surface area contributed by atoms with E-state index in [1.807, 2.05) is 17.5 Å². The summed E-state index contributed by atoms with van der Waals surface area (Å²) in [5, 5.41) is 4.48. The van der Waals surface area contributed by atoms with Gasteiger partial charge in [0.25, 0.3) is 0 Å². The van der Waals surface area contributed by atoms with E-state index in [9.17, 15) is 18.0 Å². The molecule has 23 heavy (non-hydrogen) atoms. The van der Waals surface area contributed by atoms with E-state index in [-0.39, 0.29) is 30.4 Å². The molecule has 2 aromatic heterocycles. The number of nitrogens with one attached hydrogen (secondary N) is 1. The van der Waals surface area contributed by atoms with E-state index < -0.39 is 11.9 Å². The van der Waals surface area contributed by atoms with Gasteiger partial charge in [-0.05, 0) is 30.5 Å². The Morgan fingerprint density at radius 3 is 2.83 bits per heavy atom. The Hall–Kier alpha value is -2.22. The lowest BCUT2D eigenvalue weighted by molar-refractivity contribution is -0.141. The zero-order valence-corrected chi connectivity index (χ0v) is 13.0. The maximum atomic E-state index is 12.7. The molecule has 122 valence electrons. The molecule has 2 aromatic rings. The summed E-state index contributed by atoms with van der Waals surface area (Å²) in [6, 6.07) is 4.63. The lowest BCUT2D eigenvalue weighted by Crippen LogP contribution is -2.24. The predicted molar refractivity (Wildman–Crippen MR) is 81.8 cm³/mol. The summed E-state index contributed by atoms with van der Waals surface area (Å²) in [6.07, 6.45) is -1.33. The standard InChI is InChI=1S/C15H14F3N3OS/c1-10-9-12(15(16,17)18)21-13(20-10)6-7-19-14(22)5-4-11-3-2-8-23-11/h2-5,8-9H,6-7H2,1H3,(H,19,22)/b5-4+. The molecule has 0 saturated carbocycles. The second-order valence-electron chi connectivity index (χ2n) is 4.70. The van der Waals surface area contributed by atoms with Gasteiger partial charge in [0.05, 0.1) is 0 Å². The summed E-state index contributed by atoms with van der Waals surface area (Å²) < 4.78 is 38.0. The Bertz CT molecular complexity index is 696. The van der Waals surface area contributed by atoms with Crippen LogP contribution in [-0.2, 0) is 17.4 Å². The Morgan fingerprint density at radius 1 is 1.39 bits per heavy atom. The number of carbonyl (C=O) groups is 1. The van der Waals surface area contributed by atoms with Crippen molar-refractivity contribution in [3.05, 3.63) is 51.7 Å². The third kappa shape index (κ3) is 5.48. The van der Waals surface area contributed by atoms with Crippen LogP contribution in [0.4, 0.5) is 13.2 Å². The molecule has 0 aromatic carbocycles. The third-order valence-electron chi connectivity index (χ3n) is 2.78. The van der Waals surface area contributed by atoms with Gasteiger partial charge in [-0.1, -0.05) is 6.07 Å². The molecule has 0 spiro atoms. The van der Waals surface area contributed by atoms with E-state index in [1.54, 1.807) is 6.08 Å². The van der Waals surface area contributed by atoms with Crippen molar-refractivity contribution in [2.75, 3.05) is 6.54 Å². The van der Waals surface area contributed by atoms with Gasteiger partial charge in [0.1, 0.15) is 11.5 Å². The summed E-state index contributed by atoms with van der Waals surface area (Å²) in [6.45, 7) is 1.64. The van der Waals surface area contributed by atoms with Crippen LogP contribution in [0.5, 0.6) is 0 Å². The van der Waals surface area contributed by atoms with Crippen LogP contribution in [0.3, 0.4) is 0 Å². The van der Waals surface area contributed by atoms with E-state index in [2.05, 4.69) is 15.3 Å². The topological polar surface area (TPSA) is 54.9 Å². The number of aromatic nitrogens is 2. The van der Waals surface area contributed by atoms with Gasteiger partial charge in [-0.15, -0.1) is 11.3 Å². The van der Waals surface area contributed by atoms with Crippen molar-refractivity contribution in [3.63, 3.8) is 0 Å². The molecule has 4 nitrogen and oxygen atoms in total. The molecule has 0 radical (unpaired) electrons. The molecule has 0 bridgehead atoms.